The van der Waals surface area contributed by atoms with Crippen LogP contribution in [0.1, 0.15) is 49.9 Å². The van der Waals surface area contributed by atoms with Crippen LogP contribution < -0.4 is 5.32 Å². The van der Waals surface area contributed by atoms with E-state index < -0.39 is 17.6 Å². The molecule has 1 heterocycles. The van der Waals surface area contributed by atoms with Gasteiger partial charge in [0, 0.05) is 0 Å². The van der Waals surface area contributed by atoms with Crippen LogP contribution in [0.25, 0.3) is 0 Å². The summed E-state index contributed by atoms with van der Waals surface area (Å²) in [4.78, 5) is 25.0. The highest BCUT2D eigenvalue weighted by Crippen LogP contribution is 2.27. The lowest BCUT2D eigenvalue weighted by molar-refractivity contribution is -0.158. The van der Waals surface area contributed by atoms with Gasteiger partial charge in [0.1, 0.15) is 11.6 Å². The lowest BCUT2D eigenvalue weighted by atomic mass is 10.0. The zero-order valence-corrected chi connectivity index (χ0v) is 15.6. The molecular formula is C15H22BrNO3S. The van der Waals surface area contributed by atoms with Crippen molar-refractivity contribution in [2.24, 2.45) is 5.92 Å². The summed E-state index contributed by atoms with van der Waals surface area (Å²) in [6.45, 7) is 11.1. The largest absolute Gasteiger partial charge is 0.458 e. The van der Waals surface area contributed by atoms with E-state index in [-0.39, 0.29) is 11.8 Å². The number of nitrogens with one attached hydrogen (secondary N) is 1. The van der Waals surface area contributed by atoms with Gasteiger partial charge >= 0.3 is 5.97 Å². The Bertz CT molecular complexity index is 512. The van der Waals surface area contributed by atoms with Crippen molar-refractivity contribution >= 4 is 39.1 Å². The molecule has 0 aliphatic rings. The van der Waals surface area contributed by atoms with Gasteiger partial charge in [-0.3, -0.25) is 4.79 Å². The van der Waals surface area contributed by atoms with Gasteiger partial charge in [-0.25, -0.2) is 4.79 Å². The van der Waals surface area contributed by atoms with Crippen molar-refractivity contribution in [1.29, 1.82) is 0 Å². The molecule has 4 nitrogen and oxygen atoms in total. The van der Waals surface area contributed by atoms with Gasteiger partial charge in [-0.15, -0.1) is 11.3 Å². The first-order valence-corrected chi connectivity index (χ1v) is 8.42. The lowest BCUT2D eigenvalue weighted by Gasteiger charge is -2.26. The van der Waals surface area contributed by atoms with Crippen LogP contribution >= 0.6 is 27.3 Å². The topological polar surface area (TPSA) is 55.4 Å². The molecule has 0 saturated heterocycles. The Hall–Kier alpha value is -0.880. The maximum absolute atomic E-state index is 12.3. The van der Waals surface area contributed by atoms with Crippen molar-refractivity contribution in [1.82, 2.24) is 5.32 Å². The van der Waals surface area contributed by atoms with Crippen LogP contribution in [0.4, 0.5) is 0 Å². The summed E-state index contributed by atoms with van der Waals surface area (Å²) in [6.07, 6.45) is 0. The molecule has 0 aromatic carbocycles. The number of halogens is 1. The van der Waals surface area contributed by atoms with Gasteiger partial charge in [-0.1, -0.05) is 13.8 Å². The van der Waals surface area contributed by atoms with E-state index in [1.165, 1.54) is 11.3 Å². The van der Waals surface area contributed by atoms with Gasteiger partial charge in [-0.2, -0.15) is 0 Å². The van der Waals surface area contributed by atoms with Crippen molar-refractivity contribution < 1.29 is 14.3 Å². The maximum Gasteiger partial charge on any atom is 0.329 e. The maximum atomic E-state index is 12.3. The highest BCUT2D eigenvalue weighted by molar-refractivity contribution is 9.11. The van der Waals surface area contributed by atoms with E-state index in [0.29, 0.717) is 4.88 Å². The number of amides is 1. The van der Waals surface area contributed by atoms with Crippen LogP contribution in [0.15, 0.2) is 9.85 Å². The fourth-order valence-corrected chi connectivity index (χ4v) is 3.09. The molecule has 0 unspecified atom stereocenters. The van der Waals surface area contributed by atoms with Gasteiger partial charge in [-0.05, 0) is 61.2 Å². The summed E-state index contributed by atoms with van der Waals surface area (Å²) in [6, 6.07) is 1.15. The number of ether oxygens (including phenoxy) is 1. The van der Waals surface area contributed by atoms with E-state index in [0.717, 1.165) is 9.35 Å². The van der Waals surface area contributed by atoms with Crippen molar-refractivity contribution in [3.63, 3.8) is 0 Å². The van der Waals surface area contributed by atoms with Gasteiger partial charge in [0.05, 0.1) is 8.66 Å². The van der Waals surface area contributed by atoms with E-state index >= 15 is 0 Å². The van der Waals surface area contributed by atoms with Crippen molar-refractivity contribution in [3.8, 4) is 0 Å². The Morgan fingerprint density at radius 3 is 2.29 bits per heavy atom. The number of carbonyl (C=O) groups excluding carboxylic acids is 2. The normalized spacial score (nSPS) is 13.1. The predicted molar refractivity (Wildman–Crippen MR) is 88.7 cm³/mol. The monoisotopic (exact) mass is 375 g/mol. The van der Waals surface area contributed by atoms with Gasteiger partial charge < -0.3 is 10.1 Å². The average Bonchev–Trinajstić information content (AvgIpc) is 2.63. The number of hydrogen-bond donors (Lipinski definition) is 1. The quantitative estimate of drug-likeness (QED) is 0.811. The SMILES string of the molecule is Cc1cc(C(=O)N[C@H](C(=O)OC(C)(C)C)C(C)C)sc1Br. The summed E-state index contributed by atoms with van der Waals surface area (Å²) in [7, 11) is 0. The number of rotatable bonds is 4. The number of esters is 1. The number of hydrogen-bond acceptors (Lipinski definition) is 4. The van der Waals surface area contributed by atoms with E-state index in [1.807, 2.05) is 41.5 Å². The summed E-state index contributed by atoms with van der Waals surface area (Å²) < 4.78 is 6.29. The molecule has 0 saturated carbocycles. The molecule has 1 aromatic rings. The molecular weight excluding hydrogens is 354 g/mol. The van der Waals surface area contributed by atoms with E-state index in [2.05, 4.69) is 21.2 Å². The van der Waals surface area contributed by atoms with Crippen LogP contribution in [-0.2, 0) is 9.53 Å². The molecule has 0 aliphatic heterocycles. The minimum Gasteiger partial charge on any atom is -0.458 e. The molecule has 1 aromatic heterocycles. The average molecular weight is 376 g/mol. The molecule has 118 valence electrons. The smallest absolute Gasteiger partial charge is 0.329 e. The molecule has 0 radical (unpaired) electrons. The summed E-state index contributed by atoms with van der Waals surface area (Å²) in [5.41, 5.74) is 0.431. The van der Waals surface area contributed by atoms with Gasteiger partial charge in [0.2, 0.25) is 0 Å². The molecule has 1 atom stereocenters. The van der Waals surface area contributed by atoms with Crippen LogP contribution in [0.3, 0.4) is 0 Å². The first-order chi connectivity index (χ1) is 9.51. The van der Waals surface area contributed by atoms with Crippen LogP contribution in [0.2, 0.25) is 0 Å². The lowest BCUT2D eigenvalue weighted by Crippen LogP contribution is -2.47. The zero-order valence-electron chi connectivity index (χ0n) is 13.2. The van der Waals surface area contributed by atoms with Crippen LogP contribution in [0, 0.1) is 12.8 Å². The first-order valence-electron chi connectivity index (χ1n) is 6.81. The standard InChI is InChI=1S/C15H22BrNO3S/c1-8(2)11(14(19)20-15(4,5)6)17-13(18)10-7-9(3)12(16)21-10/h7-8,11H,1-6H3,(H,17,18)/t11-/m0/s1. The molecule has 0 fully saturated rings. The Kier molecular flexibility index (Phi) is 5.99. The number of thiophene rings is 1. The third kappa shape index (κ3) is 5.43. The third-order valence-corrected chi connectivity index (χ3v) is 4.83. The minimum atomic E-state index is -0.655. The molecule has 1 rings (SSSR count). The molecule has 21 heavy (non-hydrogen) atoms. The fraction of sp³-hybridized carbons (Fsp3) is 0.600. The Labute approximate surface area is 138 Å². The highest BCUT2D eigenvalue weighted by Gasteiger charge is 2.29. The highest BCUT2D eigenvalue weighted by atomic mass is 79.9. The van der Waals surface area contributed by atoms with E-state index in [9.17, 15) is 9.59 Å². The summed E-state index contributed by atoms with van der Waals surface area (Å²) in [5, 5.41) is 2.77. The van der Waals surface area contributed by atoms with Crippen molar-refractivity contribution in [2.45, 2.75) is 53.2 Å². The Morgan fingerprint density at radius 1 is 1.33 bits per heavy atom. The number of carbonyl (C=O) groups is 2. The molecule has 0 spiro atoms. The van der Waals surface area contributed by atoms with Crippen molar-refractivity contribution in [3.05, 3.63) is 20.3 Å². The minimum absolute atomic E-state index is 0.0479. The Morgan fingerprint density at radius 2 is 1.90 bits per heavy atom. The first kappa shape index (κ1) is 18.2. The third-order valence-electron chi connectivity index (χ3n) is 2.69. The molecule has 1 N–H and O–H groups in total. The second kappa shape index (κ2) is 6.92. The second-order valence-corrected chi connectivity index (χ2v) is 8.67. The molecule has 0 aliphatic carbocycles. The van der Waals surface area contributed by atoms with Crippen LogP contribution in [0.5, 0.6) is 0 Å². The van der Waals surface area contributed by atoms with E-state index in [1.54, 1.807) is 6.07 Å². The van der Waals surface area contributed by atoms with Crippen molar-refractivity contribution in [2.75, 3.05) is 0 Å². The van der Waals surface area contributed by atoms with E-state index in [4.69, 9.17) is 4.74 Å². The fourth-order valence-electron chi connectivity index (χ4n) is 1.65. The second-order valence-electron chi connectivity index (χ2n) is 6.30. The number of aryl methyl sites for hydroxylation is 1. The summed E-state index contributed by atoms with van der Waals surface area (Å²) in [5.74, 6) is -0.704. The van der Waals surface area contributed by atoms with Gasteiger partial charge in [0.15, 0.2) is 0 Å². The molecule has 6 heteroatoms. The van der Waals surface area contributed by atoms with Gasteiger partial charge in [0.25, 0.3) is 5.91 Å². The predicted octanol–water partition coefficient (Wildman–Crippen LogP) is 3.92. The van der Waals surface area contributed by atoms with Crippen LogP contribution in [-0.4, -0.2) is 23.5 Å². The molecule has 1 amide bonds. The summed E-state index contributed by atoms with van der Waals surface area (Å²) >= 11 is 4.75. The zero-order chi connectivity index (χ0) is 16.4. The molecule has 0 bridgehead atoms. The Balaban J connectivity index is 2.83.